The van der Waals surface area contributed by atoms with Crippen LogP contribution in [0.25, 0.3) is 6.08 Å². The number of hydrogen-bond donors (Lipinski definition) is 0. The first-order chi connectivity index (χ1) is 6.93. The summed E-state index contributed by atoms with van der Waals surface area (Å²) in [4.78, 5) is 10.3. The molecular formula is C11H9F3O. The lowest BCUT2D eigenvalue weighted by Crippen LogP contribution is -2.04. The van der Waals surface area contributed by atoms with Crippen LogP contribution in [0.4, 0.5) is 13.2 Å². The number of alkyl halides is 3. The molecule has 0 fully saturated rings. The SMILES string of the molecule is C/C(C=O)=C\c1cccc(C(F)(F)F)c1. The minimum atomic E-state index is -4.35. The lowest BCUT2D eigenvalue weighted by molar-refractivity contribution is -0.137. The normalized spacial score (nSPS) is 12.7. The zero-order valence-electron chi connectivity index (χ0n) is 8.01. The zero-order chi connectivity index (χ0) is 11.5. The highest BCUT2D eigenvalue weighted by atomic mass is 19.4. The van der Waals surface area contributed by atoms with Crippen molar-refractivity contribution in [3.8, 4) is 0 Å². The third-order valence-electron chi connectivity index (χ3n) is 1.79. The standard InChI is InChI=1S/C11H9F3O/c1-8(7-15)5-9-3-2-4-10(6-9)11(12,13)14/h2-7H,1H3/b8-5+. The van der Waals surface area contributed by atoms with E-state index in [4.69, 9.17) is 0 Å². The van der Waals surface area contributed by atoms with Crippen molar-refractivity contribution in [2.75, 3.05) is 0 Å². The van der Waals surface area contributed by atoms with Crippen LogP contribution in [0.15, 0.2) is 29.8 Å². The number of rotatable bonds is 2. The van der Waals surface area contributed by atoms with Gasteiger partial charge in [0.1, 0.15) is 6.29 Å². The number of halogens is 3. The van der Waals surface area contributed by atoms with Crippen LogP contribution < -0.4 is 0 Å². The predicted octanol–water partition coefficient (Wildman–Crippen LogP) is 3.31. The monoisotopic (exact) mass is 214 g/mol. The Morgan fingerprint density at radius 1 is 1.33 bits per heavy atom. The number of hydrogen-bond acceptors (Lipinski definition) is 1. The van der Waals surface area contributed by atoms with Gasteiger partial charge in [-0.1, -0.05) is 12.1 Å². The maximum atomic E-state index is 12.3. The van der Waals surface area contributed by atoms with Gasteiger partial charge in [-0.05, 0) is 36.3 Å². The third-order valence-corrected chi connectivity index (χ3v) is 1.79. The minimum Gasteiger partial charge on any atom is -0.298 e. The van der Waals surface area contributed by atoms with E-state index in [1.807, 2.05) is 0 Å². The Hall–Kier alpha value is -1.58. The van der Waals surface area contributed by atoms with Crippen molar-refractivity contribution in [3.63, 3.8) is 0 Å². The topological polar surface area (TPSA) is 17.1 Å². The molecule has 0 radical (unpaired) electrons. The molecule has 80 valence electrons. The molecule has 4 heteroatoms. The summed E-state index contributed by atoms with van der Waals surface area (Å²) in [5, 5.41) is 0. The number of benzene rings is 1. The van der Waals surface area contributed by atoms with Gasteiger partial charge in [0.15, 0.2) is 0 Å². The molecule has 0 saturated carbocycles. The summed E-state index contributed by atoms with van der Waals surface area (Å²) < 4.78 is 36.9. The lowest BCUT2D eigenvalue weighted by Gasteiger charge is -2.06. The highest BCUT2D eigenvalue weighted by molar-refractivity contribution is 5.80. The molecule has 0 unspecified atom stereocenters. The van der Waals surface area contributed by atoms with Crippen LogP contribution in [0.1, 0.15) is 18.1 Å². The van der Waals surface area contributed by atoms with Gasteiger partial charge in [0.25, 0.3) is 0 Å². The third kappa shape index (κ3) is 3.23. The first-order valence-corrected chi connectivity index (χ1v) is 4.24. The van der Waals surface area contributed by atoms with Gasteiger partial charge in [-0.3, -0.25) is 4.79 Å². The van der Waals surface area contributed by atoms with Crippen LogP contribution in [0.5, 0.6) is 0 Å². The van der Waals surface area contributed by atoms with Gasteiger partial charge >= 0.3 is 6.18 Å². The fraction of sp³-hybridized carbons (Fsp3) is 0.182. The van der Waals surface area contributed by atoms with Gasteiger partial charge in [-0.2, -0.15) is 13.2 Å². The first-order valence-electron chi connectivity index (χ1n) is 4.24. The summed E-state index contributed by atoms with van der Waals surface area (Å²) in [6, 6.07) is 4.83. The summed E-state index contributed by atoms with van der Waals surface area (Å²) in [6.07, 6.45) is -2.35. The average Bonchev–Trinajstić information content (AvgIpc) is 2.17. The Morgan fingerprint density at radius 3 is 2.53 bits per heavy atom. The maximum absolute atomic E-state index is 12.3. The largest absolute Gasteiger partial charge is 0.416 e. The van der Waals surface area contributed by atoms with Crippen molar-refractivity contribution in [2.24, 2.45) is 0 Å². The van der Waals surface area contributed by atoms with Crippen molar-refractivity contribution < 1.29 is 18.0 Å². The van der Waals surface area contributed by atoms with E-state index in [2.05, 4.69) is 0 Å². The second-order valence-corrected chi connectivity index (χ2v) is 3.13. The molecule has 1 nitrogen and oxygen atoms in total. The van der Waals surface area contributed by atoms with Crippen molar-refractivity contribution in [3.05, 3.63) is 41.0 Å². The second kappa shape index (κ2) is 4.29. The number of allylic oxidation sites excluding steroid dienone is 1. The molecule has 0 aliphatic rings. The van der Waals surface area contributed by atoms with Crippen molar-refractivity contribution >= 4 is 12.4 Å². The fourth-order valence-electron chi connectivity index (χ4n) is 1.10. The first kappa shape index (κ1) is 11.5. The Morgan fingerprint density at radius 2 is 2.00 bits per heavy atom. The van der Waals surface area contributed by atoms with Gasteiger partial charge in [-0.25, -0.2) is 0 Å². The number of carbonyl (C=O) groups excluding carboxylic acids is 1. The summed E-state index contributed by atoms with van der Waals surface area (Å²) in [5.74, 6) is 0. The molecule has 15 heavy (non-hydrogen) atoms. The van der Waals surface area contributed by atoms with E-state index in [9.17, 15) is 18.0 Å². The zero-order valence-corrected chi connectivity index (χ0v) is 8.01. The Kier molecular flexibility index (Phi) is 3.29. The molecule has 1 rings (SSSR count). The van der Waals surface area contributed by atoms with E-state index >= 15 is 0 Å². The summed E-state index contributed by atoms with van der Waals surface area (Å²) in [7, 11) is 0. The molecule has 0 aromatic heterocycles. The Balaban J connectivity index is 3.09. The van der Waals surface area contributed by atoms with E-state index in [1.54, 1.807) is 0 Å². The second-order valence-electron chi connectivity index (χ2n) is 3.13. The highest BCUT2D eigenvalue weighted by Gasteiger charge is 2.30. The molecule has 0 bridgehead atoms. The van der Waals surface area contributed by atoms with Crippen LogP contribution >= 0.6 is 0 Å². The fourth-order valence-corrected chi connectivity index (χ4v) is 1.10. The van der Waals surface area contributed by atoms with E-state index in [0.717, 1.165) is 12.1 Å². The van der Waals surface area contributed by atoms with Crippen LogP contribution in [0.3, 0.4) is 0 Å². The van der Waals surface area contributed by atoms with E-state index < -0.39 is 11.7 Å². The molecule has 0 aliphatic carbocycles. The van der Waals surface area contributed by atoms with E-state index in [0.29, 0.717) is 17.4 Å². The average molecular weight is 214 g/mol. The van der Waals surface area contributed by atoms with Gasteiger partial charge in [0.2, 0.25) is 0 Å². The minimum absolute atomic E-state index is 0.370. The van der Waals surface area contributed by atoms with Gasteiger partial charge in [-0.15, -0.1) is 0 Å². The van der Waals surface area contributed by atoms with E-state index in [1.165, 1.54) is 25.1 Å². The lowest BCUT2D eigenvalue weighted by atomic mass is 10.1. The van der Waals surface area contributed by atoms with Crippen LogP contribution in [-0.4, -0.2) is 6.29 Å². The molecular weight excluding hydrogens is 205 g/mol. The molecule has 0 N–H and O–H groups in total. The molecule has 1 aromatic carbocycles. The molecule has 0 aliphatic heterocycles. The van der Waals surface area contributed by atoms with Crippen LogP contribution in [0.2, 0.25) is 0 Å². The summed E-state index contributed by atoms with van der Waals surface area (Å²) >= 11 is 0. The van der Waals surface area contributed by atoms with Crippen LogP contribution in [-0.2, 0) is 11.0 Å². The van der Waals surface area contributed by atoms with Crippen LogP contribution in [0, 0.1) is 0 Å². The summed E-state index contributed by atoms with van der Waals surface area (Å²) in [6.45, 7) is 1.53. The van der Waals surface area contributed by atoms with Crippen molar-refractivity contribution in [2.45, 2.75) is 13.1 Å². The maximum Gasteiger partial charge on any atom is 0.416 e. The number of carbonyl (C=O) groups is 1. The Bertz CT molecular complexity index is 391. The molecule has 0 heterocycles. The van der Waals surface area contributed by atoms with Gasteiger partial charge in [0, 0.05) is 0 Å². The Labute approximate surface area is 85.2 Å². The van der Waals surface area contributed by atoms with Crippen molar-refractivity contribution in [1.82, 2.24) is 0 Å². The predicted molar refractivity (Wildman–Crippen MR) is 51.2 cm³/mol. The molecule has 0 atom stereocenters. The van der Waals surface area contributed by atoms with E-state index in [-0.39, 0.29) is 0 Å². The summed E-state index contributed by atoms with van der Waals surface area (Å²) in [5.41, 5.74) is 0.0405. The molecule has 0 saturated heterocycles. The highest BCUT2D eigenvalue weighted by Crippen LogP contribution is 2.29. The quantitative estimate of drug-likeness (QED) is 0.545. The van der Waals surface area contributed by atoms with Gasteiger partial charge < -0.3 is 0 Å². The van der Waals surface area contributed by atoms with Gasteiger partial charge in [0.05, 0.1) is 5.56 Å². The smallest absolute Gasteiger partial charge is 0.298 e. The molecule has 0 amide bonds. The number of aldehydes is 1. The van der Waals surface area contributed by atoms with Crippen molar-refractivity contribution in [1.29, 1.82) is 0 Å². The molecule has 0 spiro atoms. The molecule has 1 aromatic rings.